The summed E-state index contributed by atoms with van der Waals surface area (Å²) in [7, 11) is 1.85. The van der Waals surface area contributed by atoms with Crippen molar-refractivity contribution >= 4 is 11.9 Å². The van der Waals surface area contributed by atoms with Crippen LogP contribution < -0.4 is 10.2 Å². The van der Waals surface area contributed by atoms with Crippen LogP contribution in [0.3, 0.4) is 0 Å². The summed E-state index contributed by atoms with van der Waals surface area (Å²) in [5.74, 6) is -3.21. The topological polar surface area (TPSA) is 108 Å². The zero-order chi connectivity index (χ0) is 25.3. The highest BCUT2D eigenvalue weighted by atomic mass is 19.1. The first kappa shape index (κ1) is 24.7. The van der Waals surface area contributed by atoms with E-state index in [1.165, 1.54) is 12.1 Å². The number of nitrogens with one attached hydrogen (secondary N) is 1. The number of benzene rings is 2. The number of carbonyl (C=O) groups is 2. The van der Waals surface area contributed by atoms with Crippen LogP contribution in [0.2, 0.25) is 0 Å². The van der Waals surface area contributed by atoms with Crippen LogP contribution >= 0.6 is 0 Å². The monoisotopic (exact) mass is 484 g/mol. The molecule has 186 valence electrons. The van der Waals surface area contributed by atoms with Gasteiger partial charge in [0.2, 0.25) is 0 Å². The van der Waals surface area contributed by atoms with Crippen molar-refractivity contribution in [3.8, 4) is 5.75 Å². The lowest BCUT2D eigenvalue weighted by Gasteiger charge is -2.47. The Morgan fingerprint density at radius 2 is 1.91 bits per heavy atom. The normalized spacial score (nSPS) is 23.6. The van der Waals surface area contributed by atoms with E-state index in [1.54, 1.807) is 38.1 Å². The van der Waals surface area contributed by atoms with Gasteiger partial charge in [-0.1, -0.05) is 30.3 Å². The number of aliphatic carboxylic acids is 2. The molecule has 0 aliphatic carbocycles. The SMILES string of the molecule is CC1=C(C(=O)O)C(c2cccc3c2OOC3)C(CCN(C)Cc2ccc(F)cc2)(C(=O)O)C(C)N1. The standard InChI is InChI=1S/C26H29FN2O6/c1-15-21(24(30)31)22(20-6-4-5-18-14-34-35-23(18)20)26(25(32)33,16(2)28-15)11-12-29(3)13-17-7-9-19(27)10-8-17/h4-10,16,22,28H,11-14H2,1-3H3,(H,30,31)(H,32,33). The Morgan fingerprint density at radius 3 is 2.57 bits per heavy atom. The average Bonchev–Trinajstić information content (AvgIpc) is 3.28. The number of halogens is 1. The Hall–Kier alpha value is -3.43. The maximum absolute atomic E-state index is 13.3. The third-order valence-corrected chi connectivity index (χ3v) is 7.11. The van der Waals surface area contributed by atoms with Crippen LogP contribution in [0, 0.1) is 11.2 Å². The summed E-state index contributed by atoms with van der Waals surface area (Å²) >= 11 is 0. The predicted molar refractivity (Wildman–Crippen MR) is 125 cm³/mol. The molecule has 0 bridgehead atoms. The Labute approximate surface area is 202 Å². The minimum absolute atomic E-state index is 0.00409. The van der Waals surface area contributed by atoms with Gasteiger partial charge in [-0.15, -0.1) is 0 Å². The summed E-state index contributed by atoms with van der Waals surface area (Å²) in [6.45, 7) is 4.48. The molecule has 2 aromatic rings. The lowest BCUT2D eigenvalue weighted by atomic mass is 9.60. The highest BCUT2D eigenvalue weighted by Gasteiger charge is 2.57. The molecular weight excluding hydrogens is 455 g/mol. The third kappa shape index (κ3) is 4.49. The van der Waals surface area contributed by atoms with Crippen molar-refractivity contribution in [2.45, 2.75) is 45.4 Å². The van der Waals surface area contributed by atoms with Crippen LogP contribution in [-0.4, -0.2) is 46.7 Å². The Bertz CT molecular complexity index is 1160. The lowest BCUT2D eigenvalue weighted by Crippen LogP contribution is -2.57. The van der Waals surface area contributed by atoms with E-state index in [1.807, 2.05) is 18.0 Å². The fourth-order valence-electron chi connectivity index (χ4n) is 5.30. The highest BCUT2D eigenvalue weighted by molar-refractivity contribution is 5.93. The quantitative estimate of drug-likeness (QED) is 0.487. The number of rotatable bonds is 8. The molecule has 35 heavy (non-hydrogen) atoms. The van der Waals surface area contributed by atoms with E-state index in [4.69, 9.17) is 9.78 Å². The highest BCUT2D eigenvalue weighted by Crippen LogP contribution is 2.53. The molecule has 2 heterocycles. The van der Waals surface area contributed by atoms with Gasteiger partial charge in [-0.25, -0.2) is 9.18 Å². The number of nitrogens with zero attached hydrogens (tertiary/aromatic N) is 1. The number of allylic oxidation sites excluding steroid dienone is 1. The first-order valence-electron chi connectivity index (χ1n) is 11.4. The molecule has 0 radical (unpaired) electrons. The largest absolute Gasteiger partial charge is 0.481 e. The van der Waals surface area contributed by atoms with Gasteiger partial charge in [0.1, 0.15) is 17.8 Å². The Morgan fingerprint density at radius 1 is 1.20 bits per heavy atom. The summed E-state index contributed by atoms with van der Waals surface area (Å²) in [5.41, 5.74) is 1.03. The maximum atomic E-state index is 13.3. The molecule has 2 aliphatic rings. The zero-order valence-corrected chi connectivity index (χ0v) is 19.9. The average molecular weight is 485 g/mol. The van der Waals surface area contributed by atoms with Gasteiger partial charge in [0.25, 0.3) is 0 Å². The van der Waals surface area contributed by atoms with Crippen molar-refractivity contribution in [2.75, 3.05) is 13.6 Å². The molecule has 0 fully saturated rings. The fourth-order valence-corrected chi connectivity index (χ4v) is 5.30. The van der Waals surface area contributed by atoms with E-state index in [0.717, 1.165) is 11.1 Å². The Balaban J connectivity index is 1.75. The van der Waals surface area contributed by atoms with Crippen LogP contribution in [0.5, 0.6) is 5.75 Å². The number of para-hydroxylation sites is 1. The summed E-state index contributed by atoms with van der Waals surface area (Å²) in [6, 6.07) is 10.9. The van der Waals surface area contributed by atoms with Crippen LogP contribution in [0.1, 0.15) is 42.9 Å². The van der Waals surface area contributed by atoms with Crippen molar-refractivity contribution in [3.05, 3.63) is 76.2 Å². The molecule has 2 aliphatic heterocycles. The van der Waals surface area contributed by atoms with E-state index >= 15 is 0 Å². The number of hydrogen-bond acceptors (Lipinski definition) is 6. The molecule has 0 amide bonds. The van der Waals surface area contributed by atoms with Crippen LogP contribution in [-0.2, 0) is 27.6 Å². The molecule has 3 unspecified atom stereocenters. The molecule has 0 saturated carbocycles. The molecular formula is C26H29FN2O6. The van der Waals surface area contributed by atoms with Gasteiger partial charge in [-0.05, 0) is 51.6 Å². The summed E-state index contributed by atoms with van der Waals surface area (Å²) in [6.07, 6.45) is 0.160. The summed E-state index contributed by atoms with van der Waals surface area (Å²) < 4.78 is 13.3. The summed E-state index contributed by atoms with van der Waals surface area (Å²) in [4.78, 5) is 38.0. The number of carboxylic acid groups (broad SMARTS) is 2. The minimum atomic E-state index is -1.49. The first-order chi connectivity index (χ1) is 16.6. The zero-order valence-electron chi connectivity index (χ0n) is 19.9. The van der Waals surface area contributed by atoms with E-state index in [0.29, 0.717) is 30.1 Å². The van der Waals surface area contributed by atoms with Crippen LogP contribution in [0.4, 0.5) is 4.39 Å². The second-order valence-electron chi connectivity index (χ2n) is 9.28. The van der Waals surface area contributed by atoms with E-state index in [9.17, 15) is 24.2 Å². The van der Waals surface area contributed by atoms with Crippen LogP contribution in [0.25, 0.3) is 0 Å². The van der Waals surface area contributed by atoms with E-state index in [-0.39, 0.29) is 24.4 Å². The molecule has 4 rings (SSSR count). The first-order valence-corrected chi connectivity index (χ1v) is 11.4. The van der Waals surface area contributed by atoms with Gasteiger partial charge in [-0.2, -0.15) is 4.89 Å². The van der Waals surface area contributed by atoms with Crippen molar-refractivity contribution in [3.63, 3.8) is 0 Å². The molecule has 0 aromatic heterocycles. The second-order valence-corrected chi connectivity index (χ2v) is 9.28. The fraction of sp³-hybridized carbons (Fsp3) is 0.385. The smallest absolute Gasteiger partial charge is 0.333 e. The Kier molecular flexibility index (Phi) is 6.82. The van der Waals surface area contributed by atoms with E-state index < -0.39 is 29.3 Å². The third-order valence-electron chi connectivity index (χ3n) is 7.11. The van der Waals surface area contributed by atoms with Gasteiger partial charge in [-0.3, -0.25) is 4.79 Å². The van der Waals surface area contributed by atoms with Gasteiger partial charge < -0.3 is 25.3 Å². The maximum Gasteiger partial charge on any atom is 0.333 e. The number of carboxylic acids is 2. The summed E-state index contributed by atoms with van der Waals surface area (Å²) in [5, 5.41) is 24.0. The van der Waals surface area contributed by atoms with Crippen molar-refractivity contribution in [2.24, 2.45) is 5.41 Å². The molecule has 2 aromatic carbocycles. The molecule has 0 saturated heterocycles. The van der Waals surface area contributed by atoms with Crippen LogP contribution in [0.15, 0.2) is 53.7 Å². The van der Waals surface area contributed by atoms with Crippen molar-refractivity contribution in [1.82, 2.24) is 10.2 Å². The molecule has 3 atom stereocenters. The lowest BCUT2D eigenvalue weighted by molar-refractivity contribution is -0.195. The predicted octanol–water partition coefficient (Wildman–Crippen LogP) is 3.68. The number of fused-ring (bicyclic) bond motifs is 1. The number of hydrogen-bond donors (Lipinski definition) is 3. The molecule has 3 N–H and O–H groups in total. The minimum Gasteiger partial charge on any atom is -0.481 e. The van der Waals surface area contributed by atoms with Gasteiger partial charge >= 0.3 is 11.9 Å². The molecule has 9 heteroatoms. The van der Waals surface area contributed by atoms with E-state index in [2.05, 4.69) is 5.32 Å². The van der Waals surface area contributed by atoms with Gasteiger partial charge in [0.15, 0.2) is 5.75 Å². The van der Waals surface area contributed by atoms with Gasteiger partial charge in [0.05, 0.1) is 5.57 Å². The molecule has 0 spiro atoms. The molecule has 8 nitrogen and oxygen atoms in total. The van der Waals surface area contributed by atoms with Crippen molar-refractivity contribution in [1.29, 1.82) is 0 Å². The van der Waals surface area contributed by atoms with Crippen molar-refractivity contribution < 1.29 is 34.0 Å². The second kappa shape index (κ2) is 9.67. The van der Waals surface area contributed by atoms with Gasteiger partial charge in [0, 0.05) is 35.3 Å².